The van der Waals surface area contributed by atoms with Crippen molar-refractivity contribution in [3.63, 3.8) is 0 Å². The van der Waals surface area contributed by atoms with Crippen molar-refractivity contribution in [1.82, 2.24) is 0 Å². The van der Waals surface area contributed by atoms with Crippen LogP contribution in [0.25, 0.3) is 0 Å². The average molecular weight is 373 g/mol. The van der Waals surface area contributed by atoms with Crippen LogP contribution >= 0.6 is 0 Å². The lowest BCUT2D eigenvalue weighted by Crippen LogP contribution is -2.41. The summed E-state index contributed by atoms with van der Waals surface area (Å²) in [6, 6.07) is 1.51. The van der Waals surface area contributed by atoms with E-state index in [1.54, 1.807) is 6.92 Å². The highest BCUT2D eigenvalue weighted by atomic mass is 16.3. The third kappa shape index (κ3) is 4.26. The molecule has 3 atom stereocenters. The first kappa shape index (κ1) is 21.2. The number of phenolic OH excluding ortho intramolecular Hbond substituents is 2. The molecule has 4 nitrogen and oxygen atoms in total. The topological polar surface area (TPSA) is 74.6 Å². The Morgan fingerprint density at radius 2 is 2.00 bits per heavy atom. The second-order valence-electron chi connectivity index (χ2n) is 8.46. The van der Waals surface area contributed by atoms with Gasteiger partial charge in [-0.2, -0.15) is 0 Å². The summed E-state index contributed by atoms with van der Waals surface area (Å²) in [5.74, 6) is 0.825. The smallest absolute Gasteiger partial charge is 0.154 e. The van der Waals surface area contributed by atoms with Crippen LogP contribution in [0.4, 0.5) is 0 Å². The van der Waals surface area contributed by atoms with Crippen molar-refractivity contribution in [3.05, 3.63) is 34.4 Å². The number of carbonyl (C=O) groups is 2. The van der Waals surface area contributed by atoms with Crippen molar-refractivity contribution in [2.24, 2.45) is 17.3 Å². The van der Waals surface area contributed by atoms with Crippen LogP contribution in [-0.2, 0) is 11.2 Å². The molecule has 1 aromatic rings. The zero-order chi connectivity index (χ0) is 20.4. The van der Waals surface area contributed by atoms with Crippen LogP contribution in [0, 0.1) is 24.2 Å². The lowest BCUT2D eigenvalue weighted by molar-refractivity contribution is -0.132. The molecule has 0 heterocycles. The highest BCUT2D eigenvalue weighted by molar-refractivity contribution is 5.83. The van der Waals surface area contributed by atoms with Gasteiger partial charge in [0.05, 0.1) is 5.56 Å². The molecule has 148 valence electrons. The summed E-state index contributed by atoms with van der Waals surface area (Å²) in [4.78, 5) is 23.3. The van der Waals surface area contributed by atoms with Crippen LogP contribution in [0.15, 0.2) is 17.7 Å². The SMILES string of the molecule is C/C(=C\Cc1c(O)cc(C)c(C=O)c1O)CCC1(C)C(C)CCC(=O)C1C. The third-order valence-corrected chi connectivity index (χ3v) is 6.88. The van der Waals surface area contributed by atoms with Gasteiger partial charge in [-0.05, 0) is 62.5 Å². The molecule has 4 heteroatoms. The number of hydrogen-bond donors (Lipinski definition) is 2. The van der Waals surface area contributed by atoms with E-state index in [0.717, 1.165) is 24.8 Å². The zero-order valence-electron chi connectivity index (χ0n) is 17.1. The quantitative estimate of drug-likeness (QED) is 0.536. The van der Waals surface area contributed by atoms with E-state index in [-0.39, 0.29) is 28.4 Å². The maximum absolute atomic E-state index is 12.2. The van der Waals surface area contributed by atoms with Gasteiger partial charge >= 0.3 is 0 Å². The first-order chi connectivity index (χ1) is 12.6. The van der Waals surface area contributed by atoms with Gasteiger partial charge in [-0.3, -0.25) is 9.59 Å². The Kier molecular flexibility index (Phi) is 6.50. The molecule has 1 fully saturated rings. The molecule has 0 saturated heterocycles. The van der Waals surface area contributed by atoms with E-state index in [1.165, 1.54) is 6.07 Å². The molecule has 1 aliphatic carbocycles. The number of hydrogen-bond acceptors (Lipinski definition) is 4. The van der Waals surface area contributed by atoms with E-state index in [9.17, 15) is 19.8 Å². The monoisotopic (exact) mass is 372 g/mol. The largest absolute Gasteiger partial charge is 0.508 e. The van der Waals surface area contributed by atoms with Gasteiger partial charge in [0.1, 0.15) is 17.3 Å². The van der Waals surface area contributed by atoms with Gasteiger partial charge in [0.15, 0.2) is 6.29 Å². The number of phenols is 2. The average Bonchev–Trinajstić information content (AvgIpc) is 2.61. The number of allylic oxidation sites excluding steroid dienone is 2. The molecular weight excluding hydrogens is 340 g/mol. The standard InChI is InChI=1S/C23H32O4/c1-14(10-11-23(5)16(3)7-9-20(25)17(23)4)6-8-18-21(26)12-15(2)19(13-24)22(18)27/h6,12-13,16-17,26-27H,7-11H2,1-5H3/b14-6+. The molecular formula is C23H32O4. The number of aldehydes is 1. The number of rotatable bonds is 6. The van der Waals surface area contributed by atoms with Crippen molar-refractivity contribution >= 4 is 12.1 Å². The molecule has 0 amide bonds. The Morgan fingerprint density at radius 3 is 2.63 bits per heavy atom. The van der Waals surface area contributed by atoms with Crippen molar-refractivity contribution in [1.29, 1.82) is 0 Å². The van der Waals surface area contributed by atoms with Crippen molar-refractivity contribution in [2.75, 3.05) is 0 Å². The number of aryl methyl sites for hydroxylation is 1. The lowest BCUT2D eigenvalue weighted by atomic mass is 9.59. The summed E-state index contributed by atoms with van der Waals surface area (Å²) in [6.45, 7) is 10.2. The van der Waals surface area contributed by atoms with Gasteiger partial charge in [-0.15, -0.1) is 0 Å². The molecule has 0 spiro atoms. The molecule has 1 aromatic carbocycles. The second-order valence-corrected chi connectivity index (χ2v) is 8.46. The summed E-state index contributed by atoms with van der Waals surface area (Å²) < 4.78 is 0. The number of benzene rings is 1. The summed E-state index contributed by atoms with van der Waals surface area (Å²) in [6.07, 6.45) is 6.43. The van der Waals surface area contributed by atoms with Crippen LogP contribution in [-0.4, -0.2) is 22.3 Å². The minimum absolute atomic E-state index is 0.00323. The highest BCUT2D eigenvalue weighted by Gasteiger charge is 2.42. The summed E-state index contributed by atoms with van der Waals surface area (Å²) in [5, 5.41) is 20.4. The zero-order valence-corrected chi connectivity index (χ0v) is 17.1. The van der Waals surface area contributed by atoms with E-state index in [1.807, 2.05) is 13.0 Å². The fraction of sp³-hybridized carbons (Fsp3) is 0.565. The summed E-state index contributed by atoms with van der Waals surface area (Å²) in [7, 11) is 0. The van der Waals surface area contributed by atoms with E-state index in [0.29, 0.717) is 42.0 Å². The number of aromatic hydroxyl groups is 2. The van der Waals surface area contributed by atoms with Crippen LogP contribution in [0.2, 0.25) is 0 Å². The second kappa shape index (κ2) is 8.28. The molecule has 2 rings (SSSR count). The normalized spacial score (nSPS) is 26.3. The summed E-state index contributed by atoms with van der Waals surface area (Å²) in [5.41, 5.74) is 2.32. The number of carbonyl (C=O) groups excluding carboxylic acids is 2. The Morgan fingerprint density at radius 1 is 1.33 bits per heavy atom. The van der Waals surface area contributed by atoms with Crippen LogP contribution in [0.3, 0.4) is 0 Å². The van der Waals surface area contributed by atoms with E-state index < -0.39 is 0 Å². The molecule has 2 N–H and O–H groups in total. The Bertz CT molecular complexity index is 762. The lowest BCUT2D eigenvalue weighted by Gasteiger charge is -2.44. The molecule has 0 aliphatic heterocycles. The van der Waals surface area contributed by atoms with Crippen molar-refractivity contribution in [2.45, 2.75) is 66.7 Å². The van der Waals surface area contributed by atoms with Crippen LogP contribution in [0.5, 0.6) is 11.5 Å². The van der Waals surface area contributed by atoms with Gasteiger partial charge in [-0.25, -0.2) is 0 Å². The molecule has 27 heavy (non-hydrogen) atoms. The first-order valence-corrected chi connectivity index (χ1v) is 9.79. The van der Waals surface area contributed by atoms with Crippen LogP contribution < -0.4 is 0 Å². The predicted molar refractivity (Wildman–Crippen MR) is 107 cm³/mol. The Hall–Kier alpha value is -2.10. The number of Topliss-reactive ketones (excluding diaryl/α,β-unsaturated/α-hetero) is 1. The fourth-order valence-electron chi connectivity index (χ4n) is 4.20. The Balaban J connectivity index is 2.11. The molecule has 3 unspecified atom stereocenters. The van der Waals surface area contributed by atoms with E-state index >= 15 is 0 Å². The molecule has 0 bridgehead atoms. The fourth-order valence-corrected chi connectivity index (χ4v) is 4.20. The Labute approximate surface area is 162 Å². The maximum Gasteiger partial charge on any atom is 0.154 e. The van der Waals surface area contributed by atoms with E-state index in [4.69, 9.17) is 0 Å². The van der Waals surface area contributed by atoms with E-state index in [2.05, 4.69) is 20.8 Å². The van der Waals surface area contributed by atoms with Gasteiger partial charge in [-0.1, -0.05) is 32.4 Å². The molecule has 0 aromatic heterocycles. The first-order valence-electron chi connectivity index (χ1n) is 9.79. The van der Waals surface area contributed by atoms with Crippen molar-refractivity contribution < 1.29 is 19.8 Å². The van der Waals surface area contributed by atoms with Gasteiger partial charge in [0.2, 0.25) is 0 Å². The van der Waals surface area contributed by atoms with Gasteiger partial charge < -0.3 is 10.2 Å². The van der Waals surface area contributed by atoms with Gasteiger partial charge in [0.25, 0.3) is 0 Å². The molecule has 0 radical (unpaired) electrons. The van der Waals surface area contributed by atoms with Crippen molar-refractivity contribution in [3.8, 4) is 11.5 Å². The predicted octanol–water partition coefficient (Wildman–Crippen LogP) is 5.13. The molecule has 1 saturated carbocycles. The minimum Gasteiger partial charge on any atom is -0.508 e. The number of ketones is 1. The third-order valence-electron chi connectivity index (χ3n) is 6.88. The minimum atomic E-state index is -0.140. The van der Waals surface area contributed by atoms with Gasteiger partial charge in [0, 0.05) is 17.9 Å². The summed E-state index contributed by atoms with van der Waals surface area (Å²) >= 11 is 0. The molecule has 1 aliphatic rings. The van der Waals surface area contributed by atoms with Crippen LogP contribution in [0.1, 0.15) is 74.9 Å². The highest BCUT2D eigenvalue weighted by Crippen LogP contribution is 2.47. The maximum atomic E-state index is 12.2.